The zero-order valence-electron chi connectivity index (χ0n) is 20.3. The van der Waals surface area contributed by atoms with Gasteiger partial charge in [0.05, 0.1) is 12.0 Å². The van der Waals surface area contributed by atoms with E-state index in [1.807, 2.05) is 0 Å². The van der Waals surface area contributed by atoms with Gasteiger partial charge >= 0.3 is 5.97 Å². The van der Waals surface area contributed by atoms with Gasteiger partial charge in [0.1, 0.15) is 5.75 Å². The van der Waals surface area contributed by atoms with Crippen LogP contribution in [0.1, 0.15) is 71.3 Å². The first-order valence-electron chi connectivity index (χ1n) is 12.6. The highest BCUT2D eigenvalue weighted by molar-refractivity contribution is 5.70. The topological polar surface area (TPSA) is 58.6 Å². The Morgan fingerprint density at radius 1 is 0.970 bits per heavy atom. The van der Waals surface area contributed by atoms with E-state index in [1.54, 1.807) is 0 Å². The second-order valence-corrected chi connectivity index (χ2v) is 11.1. The van der Waals surface area contributed by atoms with E-state index in [9.17, 15) is 9.90 Å². The van der Waals surface area contributed by atoms with Crippen molar-refractivity contribution in [2.45, 2.75) is 84.4 Å². The Hall–Kier alpha value is -2.33. The summed E-state index contributed by atoms with van der Waals surface area (Å²) in [6.07, 6.45) is 7.58. The van der Waals surface area contributed by atoms with Crippen LogP contribution < -0.4 is 10.1 Å². The molecule has 2 aromatic rings. The van der Waals surface area contributed by atoms with Gasteiger partial charge in [0, 0.05) is 12.6 Å². The van der Waals surface area contributed by atoms with E-state index < -0.39 is 5.97 Å². The van der Waals surface area contributed by atoms with Crippen molar-refractivity contribution >= 4 is 5.97 Å². The summed E-state index contributed by atoms with van der Waals surface area (Å²) in [4.78, 5) is 11.2. The van der Waals surface area contributed by atoms with Crippen LogP contribution in [-0.2, 0) is 11.3 Å². The fourth-order valence-corrected chi connectivity index (χ4v) is 5.48. The molecule has 0 bridgehead atoms. The molecule has 2 aliphatic carbocycles. The number of benzene rings is 2. The number of hydrogen-bond acceptors (Lipinski definition) is 3. The fourth-order valence-electron chi connectivity index (χ4n) is 5.48. The Morgan fingerprint density at radius 2 is 1.70 bits per heavy atom. The average Bonchev–Trinajstić information content (AvgIpc) is 3.28. The summed E-state index contributed by atoms with van der Waals surface area (Å²) >= 11 is 0. The van der Waals surface area contributed by atoms with Crippen LogP contribution in [0.5, 0.6) is 5.75 Å². The predicted octanol–water partition coefficient (Wildman–Crippen LogP) is 6.68. The number of carbonyl (C=O) groups is 1. The molecule has 0 heterocycles. The van der Waals surface area contributed by atoms with Crippen molar-refractivity contribution in [1.82, 2.24) is 5.32 Å². The molecule has 0 amide bonds. The number of ether oxygens (including phenoxy) is 1. The first kappa shape index (κ1) is 23.8. The maximum absolute atomic E-state index is 11.2. The highest BCUT2D eigenvalue weighted by Crippen LogP contribution is 2.39. The molecule has 4 nitrogen and oxygen atoms in total. The molecule has 2 aliphatic rings. The minimum absolute atomic E-state index is 0.192. The highest BCUT2D eigenvalue weighted by Gasteiger charge is 2.31. The molecule has 0 spiro atoms. The van der Waals surface area contributed by atoms with Gasteiger partial charge in [0.25, 0.3) is 0 Å². The fraction of sp³-hybridized carbons (Fsp3) is 0.552. The van der Waals surface area contributed by atoms with Crippen LogP contribution in [-0.4, -0.2) is 23.2 Å². The predicted molar refractivity (Wildman–Crippen MR) is 133 cm³/mol. The molecule has 0 aliphatic heterocycles. The van der Waals surface area contributed by atoms with Crippen molar-refractivity contribution in [1.29, 1.82) is 0 Å². The summed E-state index contributed by atoms with van der Waals surface area (Å²) < 4.78 is 6.30. The summed E-state index contributed by atoms with van der Waals surface area (Å²) in [7, 11) is 0. The monoisotopic (exact) mass is 449 g/mol. The number of hydrogen-bond donors (Lipinski definition) is 2. The van der Waals surface area contributed by atoms with Crippen molar-refractivity contribution < 1.29 is 14.6 Å². The summed E-state index contributed by atoms with van der Waals surface area (Å²) in [5, 5.41) is 12.7. The molecular weight excluding hydrogens is 410 g/mol. The van der Waals surface area contributed by atoms with E-state index in [0.717, 1.165) is 50.3 Å². The van der Waals surface area contributed by atoms with E-state index in [2.05, 4.69) is 74.6 Å². The molecular formula is C29H39NO3. The molecule has 0 radical (unpaired) electrons. The van der Waals surface area contributed by atoms with E-state index in [-0.39, 0.29) is 5.92 Å². The first-order valence-corrected chi connectivity index (χ1v) is 12.6. The van der Waals surface area contributed by atoms with Gasteiger partial charge < -0.3 is 15.2 Å². The Balaban J connectivity index is 1.30. The molecule has 2 saturated carbocycles. The van der Waals surface area contributed by atoms with Crippen LogP contribution in [0.3, 0.4) is 0 Å². The van der Waals surface area contributed by atoms with Crippen LogP contribution in [0.2, 0.25) is 0 Å². The van der Waals surface area contributed by atoms with Crippen LogP contribution in [0.15, 0.2) is 48.5 Å². The molecule has 0 unspecified atom stereocenters. The van der Waals surface area contributed by atoms with Gasteiger partial charge in [-0.05, 0) is 91.2 Å². The van der Waals surface area contributed by atoms with Crippen LogP contribution in [0.4, 0.5) is 0 Å². The smallest absolute Gasteiger partial charge is 0.306 e. The van der Waals surface area contributed by atoms with E-state index in [1.165, 1.54) is 29.5 Å². The van der Waals surface area contributed by atoms with Crippen molar-refractivity contribution in [3.63, 3.8) is 0 Å². The third kappa shape index (κ3) is 6.38. The molecule has 4 rings (SSSR count). The molecule has 0 saturated heterocycles. The lowest BCUT2D eigenvalue weighted by Gasteiger charge is -2.36. The minimum Gasteiger partial charge on any atom is -0.490 e. The molecule has 2 fully saturated rings. The molecule has 0 aromatic heterocycles. The van der Waals surface area contributed by atoms with E-state index in [4.69, 9.17) is 4.74 Å². The average molecular weight is 450 g/mol. The number of carboxylic acids is 1. The van der Waals surface area contributed by atoms with Gasteiger partial charge in [-0.2, -0.15) is 0 Å². The van der Waals surface area contributed by atoms with Gasteiger partial charge in [-0.25, -0.2) is 0 Å². The number of carboxylic acid groups (broad SMARTS) is 1. The minimum atomic E-state index is -0.661. The standard InChI is InChI=1S/C29H39NO3/c1-29(2,3)24-10-15-27(16-11-24)33-26-13-8-21(9-14-26)22-6-4-5-20(17-22)19-30-25-12-7-23(18-25)28(31)32/h4-6,8-9,13-14,17,23-25,27,30H,7,10-12,15-16,18-19H2,1-3H3,(H,31,32)/t23-,24?,25+,27?/m0/s1. The molecule has 33 heavy (non-hydrogen) atoms. The Labute approximate surface area is 198 Å². The summed E-state index contributed by atoms with van der Waals surface area (Å²) in [6.45, 7) is 7.83. The van der Waals surface area contributed by atoms with Crippen molar-refractivity contribution in [2.24, 2.45) is 17.3 Å². The Bertz CT molecular complexity index is 923. The molecule has 2 N–H and O–H groups in total. The van der Waals surface area contributed by atoms with Crippen molar-refractivity contribution in [2.75, 3.05) is 0 Å². The van der Waals surface area contributed by atoms with Crippen molar-refractivity contribution in [3.8, 4) is 16.9 Å². The maximum atomic E-state index is 11.2. The molecule has 4 heteroatoms. The number of rotatable bonds is 7. The molecule has 2 aromatic carbocycles. The zero-order chi connectivity index (χ0) is 23.4. The first-order chi connectivity index (χ1) is 15.8. The second kappa shape index (κ2) is 10.3. The number of nitrogens with one attached hydrogen (secondary N) is 1. The van der Waals surface area contributed by atoms with Gasteiger partial charge in [-0.15, -0.1) is 0 Å². The number of aliphatic carboxylic acids is 1. The third-order valence-electron chi connectivity index (χ3n) is 7.69. The third-order valence-corrected chi connectivity index (χ3v) is 7.69. The van der Waals surface area contributed by atoms with Crippen LogP contribution >= 0.6 is 0 Å². The second-order valence-electron chi connectivity index (χ2n) is 11.1. The van der Waals surface area contributed by atoms with Crippen LogP contribution in [0, 0.1) is 17.3 Å². The summed E-state index contributed by atoms with van der Waals surface area (Å²) in [6, 6.07) is 17.4. The molecule has 2 atom stereocenters. The quantitative estimate of drug-likeness (QED) is 0.495. The largest absolute Gasteiger partial charge is 0.490 e. The van der Waals surface area contributed by atoms with Gasteiger partial charge in [-0.3, -0.25) is 4.79 Å². The Morgan fingerprint density at radius 3 is 2.33 bits per heavy atom. The normalized spacial score (nSPS) is 25.7. The van der Waals surface area contributed by atoms with Gasteiger partial charge in [0.15, 0.2) is 0 Å². The van der Waals surface area contributed by atoms with E-state index in [0.29, 0.717) is 17.6 Å². The lowest BCUT2D eigenvalue weighted by atomic mass is 9.72. The zero-order valence-corrected chi connectivity index (χ0v) is 20.3. The summed E-state index contributed by atoms with van der Waals surface area (Å²) in [5.74, 6) is 0.910. The van der Waals surface area contributed by atoms with E-state index >= 15 is 0 Å². The lowest BCUT2D eigenvalue weighted by Crippen LogP contribution is -2.30. The Kier molecular flexibility index (Phi) is 7.43. The van der Waals surface area contributed by atoms with Gasteiger partial charge in [-0.1, -0.05) is 51.1 Å². The lowest BCUT2D eigenvalue weighted by molar-refractivity contribution is -0.141. The summed E-state index contributed by atoms with van der Waals surface area (Å²) in [5.41, 5.74) is 4.00. The molecule has 178 valence electrons. The van der Waals surface area contributed by atoms with Crippen LogP contribution in [0.25, 0.3) is 11.1 Å². The van der Waals surface area contributed by atoms with Gasteiger partial charge in [0.2, 0.25) is 0 Å². The SMILES string of the molecule is CC(C)(C)C1CCC(Oc2ccc(-c3cccc(CN[C@@H]4CC[C@H](C(=O)O)C4)c3)cc2)CC1. The maximum Gasteiger partial charge on any atom is 0.306 e. The van der Waals surface area contributed by atoms with Crippen molar-refractivity contribution in [3.05, 3.63) is 54.1 Å². The highest BCUT2D eigenvalue weighted by atomic mass is 16.5.